The van der Waals surface area contributed by atoms with Crippen LogP contribution in [0.15, 0.2) is 35.4 Å². The minimum absolute atomic E-state index is 0.00979. The van der Waals surface area contributed by atoms with E-state index in [1.807, 2.05) is 12.1 Å². The van der Waals surface area contributed by atoms with Gasteiger partial charge in [-0.05, 0) is 38.2 Å². The number of carbonyl (C=O) groups is 1. The second-order valence-electron chi connectivity index (χ2n) is 7.31. The van der Waals surface area contributed by atoms with E-state index in [1.54, 1.807) is 29.7 Å². The molecule has 1 aliphatic carbocycles. The highest BCUT2D eigenvalue weighted by Gasteiger charge is 2.32. The Kier molecular flexibility index (Phi) is 5.39. The lowest BCUT2D eigenvalue weighted by Gasteiger charge is -2.30. The van der Waals surface area contributed by atoms with Crippen molar-refractivity contribution in [2.45, 2.75) is 49.0 Å². The van der Waals surface area contributed by atoms with Crippen LogP contribution in [0.5, 0.6) is 0 Å². The predicted octanol–water partition coefficient (Wildman–Crippen LogP) is 3.50. The van der Waals surface area contributed by atoms with Crippen LogP contribution >= 0.6 is 11.3 Å². The topological polar surface area (TPSA) is 99.6 Å². The number of amides is 1. The third-order valence-electron chi connectivity index (χ3n) is 5.51. The lowest BCUT2D eigenvalue weighted by Crippen LogP contribution is -2.42. The normalized spacial score (nSPS) is 23.1. The fourth-order valence-corrected chi connectivity index (χ4v) is 6.74. The molecule has 0 unspecified atom stereocenters. The maximum absolute atomic E-state index is 12.9. The molecule has 2 aliphatic rings. The molecule has 2 aromatic rings. The molecule has 150 valence electrons. The van der Waals surface area contributed by atoms with Gasteiger partial charge >= 0.3 is 6.09 Å². The SMILES string of the molecule is O=C(O)NC1CCC(c2ncc(-c3ccccc3S(=O)(=O)N3CCC3)s2)CC1. The number of hydrogen-bond donors (Lipinski definition) is 2. The van der Waals surface area contributed by atoms with Crippen molar-refractivity contribution < 1.29 is 18.3 Å². The van der Waals surface area contributed by atoms with E-state index in [1.165, 1.54) is 4.31 Å². The van der Waals surface area contributed by atoms with Gasteiger partial charge in [0.15, 0.2) is 0 Å². The highest BCUT2D eigenvalue weighted by Crippen LogP contribution is 2.39. The minimum Gasteiger partial charge on any atom is -0.465 e. The van der Waals surface area contributed by atoms with Gasteiger partial charge in [0.1, 0.15) is 0 Å². The van der Waals surface area contributed by atoms with E-state index >= 15 is 0 Å². The van der Waals surface area contributed by atoms with Crippen LogP contribution in [0.3, 0.4) is 0 Å². The van der Waals surface area contributed by atoms with E-state index in [2.05, 4.69) is 10.3 Å². The van der Waals surface area contributed by atoms with Crippen molar-refractivity contribution in [3.63, 3.8) is 0 Å². The van der Waals surface area contributed by atoms with Gasteiger partial charge in [-0.2, -0.15) is 4.31 Å². The number of sulfonamides is 1. The van der Waals surface area contributed by atoms with Gasteiger partial charge in [0.05, 0.1) is 14.8 Å². The molecule has 2 N–H and O–H groups in total. The van der Waals surface area contributed by atoms with Crippen molar-refractivity contribution in [1.29, 1.82) is 0 Å². The van der Waals surface area contributed by atoms with E-state index in [0.717, 1.165) is 42.0 Å². The second kappa shape index (κ2) is 7.81. The molecule has 9 heteroatoms. The fraction of sp³-hybridized carbons (Fsp3) is 0.474. The molecule has 0 atom stereocenters. The van der Waals surface area contributed by atoms with E-state index in [0.29, 0.717) is 29.5 Å². The summed E-state index contributed by atoms with van der Waals surface area (Å²) in [6.07, 6.45) is 5.06. The molecule has 0 bridgehead atoms. The second-order valence-corrected chi connectivity index (χ2v) is 10.3. The summed E-state index contributed by atoms with van der Waals surface area (Å²) in [5, 5.41) is 12.4. The molecule has 1 aromatic carbocycles. The first kappa shape index (κ1) is 19.4. The van der Waals surface area contributed by atoms with Crippen molar-refractivity contribution in [3.05, 3.63) is 35.5 Å². The van der Waals surface area contributed by atoms with Gasteiger partial charge in [-0.25, -0.2) is 18.2 Å². The summed E-state index contributed by atoms with van der Waals surface area (Å²) in [6, 6.07) is 7.14. The van der Waals surface area contributed by atoms with Crippen LogP contribution in [0.2, 0.25) is 0 Å². The van der Waals surface area contributed by atoms with E-state index in [-0.39, 0.29) is 6.04 Å². The number of nitrogens with one attached hydrogen (secondary N) is 1. The van der Waals surface area contributed by atoms with Gasteiger partial charge in [-0.15, -0.1) is 11.3 Å². The number of hydrogen-bond acceptors (Lipinski definition) is 5. The zero-order valence-corrected chi connectivity index (χ0v) is 17.0. The average molecular weight is 422 g/mol. The Hall–Kier alpha value is -1.97. The number of nitrogens with zero attached hydrogens (tertiary/aromatic N) is 2. The van der Waals surface area contributed by atoms with E-state index < -0.39 is 16.1 Å². The Balaban J connectivity index is 1.54. The van der Waals surface area contributed by atoms with Crippen LogP contribution in [0.4, 0.5) is 4.79 Å². The highest BCUT2D eigenvalue weighted by molar-refractivity contribution is 7.89. The number of aromatic nitrogens is 1. The first-order chi connectivity index (χ1) is 13.4. The van der Waals surface area contributed by atoms with Gasteiger partial charge in [0.25, 0.3) is 0 Å². The monoisotopic (exact) mass is 421 g/mol. The fourth-order valence-electron chi connectivity index (χ4n) is 3.82. The molecule has 7 nitrogen and oxygen atoms in total. The van der Waals surface area contributed by atoms with Gasteiger partial charge in [0.2, 0.25) is 10.0 Å². The largest absolute Gasteiger partial charge is 0.465 e. The van der Waals surface area contributed by atoms with Gasteiger partial charge in [-0.1, -0.05) is 18.2 Å². The summed E-state index contributed by atoms with van der Waals surface area (Å²) in [4.78, 5) is 16.6. The predicted molar refractivity (Wildman–Crippen MR) is 107 cm³/mol. The summed E-state index contributed by atoms with van der Waals surface area (Å²) in [7, 11) is -3.47. The third-order valence-corrected chi connectivity index (χ3v) is 8.66. The highest BCUT2D eigenvalue weighted by atomic mass is 32.2. The zero-order valence-electron chi connectivity index (χ0n) is 15.4. The number of benzene rings is 1. The molecule has 1 amide bonds. The molecule has 1 aromatic heterocycles. The molecule has 1 saturated heterocycles. The summed E-state index contributed by atoms with van der Waals surface area (Å²) >= 11 is 1.54. The maximum Gasteiger partial charge on any atom is 0.404 e. The molecule has 1 aliphatic heterocycles. The lowest BCUT2D eigenvalue weighted by atomic mass is 9.86. The summed E-state index contributed by atoms with van der Waals surface area (Å²) in [6.45, 7) is 1.16. The number of carboxylic acid groups (broad SMARTS) is 1. The Labute approximate surface area is 168 Å². The molecule has 28 heavy (non-hydrogen) atoms. The number of rotatable bonds is 5. The van der Waals surface area contributed by atoms with Crippen LogP contribution in [0.25, 0.3) is 10.4 Å². The van der Waals surface area contributed by atoms with E-state index in [4.69, 9.17) is 5.11 Å². The van der Waals surface area contributed by atoms with Gasteiger partial charge in [-0.3, -0.25) is 0 Å². The zero-order chi connectivity index (χ0) is 19.7. The summed E-state index contributed by atoms with van der Waals surface area (Å²) < 4.78 is 27.3. The molecule has 2 heterocycles. The Morgan fingerprint density at radius 3 is 2.54 bits per heavy atom. The first-order valence-electron chi connectivity index (χ1n) is 9.50. The van der Waals surface area contributed by atoms with Crippen LogP contribution in [0, 0.1) is 0 Å². The summed E-state index contributed by atoms with van der Waals surface area (Å²) in [5.41, 5.74) is 0.708. The van der Waals surface area contributed by atoms with Crippen LogP contribution in [-0.4, -0.2) is 48.0 Å². The maximum atomic E-state index is 12.9. The van der Waals surface area contributed by atoms with Crippen LogP contribution in [0.1, 0.15) is 43.0 Å². The minimum atomic E-state index is -3.47. The van der Waals surface area contributed by atoms with Crippen molar-refractivity contribution >= 4 is 27.5 Å². The van der Waals surface area contributed by atoms with Crippen molar-refractivity contribution in [3.8, 4) is 10.4 Å². The Morgan fingerprint density at radius 1 is 1.18 bits per heavy atom. The summed E-state index contributed by atoms with van der Waals surface area (Å²) in [5.74, 6) is 0.296. The molecule has 0 spiro atoms. The standard InChI is InChI=1S/C19H23N3O4S2/c23-19(24)21-14-8-6-13(7-9-14)18-20-12-16(27-18)15-4-1-2-5-17(15)28(25,26)22-10-3-11-22/h1-2,4-5,12-14,21H,3,6-11H2,(H,23,24). The lowest BCUT2D eigenvalue weighted by molar-refractivity contribution is 0.185. The molecular formula is C19H23N3O4S2. The third kappa shape index (κ3) is 3.78. The average Bonchev–Trinajstić information content (AvgIpc) is 3.10. The quantitative estimate of drug-likeness (QED) is 0.770. The van der Waals surface area contributed by atoms with E-state index in [9.17, 15) is 13.2 Å². The smallest absolute Gasteiger partial charge is 0.404 e. The van der Waals surface area contributed by atoms with Gasteiger partial charge in [0, 0.05) is 36.8 Å². The van der Waals surface area contributed by atoms with Crippen molar-refractivity contribution in [2.24, 2.45) is 0 Å². The number of thiazole rings is 1. The molecule has 2 fully saturated rings. The molecular weight excluding hydrogens is 398 g/mol. The van der Waals surface area contributed by atoms with Crippen molar-refractivity contribution in [1.82, 2.24) is 14.6 Å². The molecule has 4 rings (SSSR count). The van der Waals surface area contributed by atoms with Gasteiger partial charge < -0.3 is 10.4 Å². The Morgan fingerprint density at radius 2 is 1.89 bits per heavy atom. The van der Waals surface area contributed by atoms with Crippen molar-refractivity contribution in [2.75, 3.05) is 13.1 Å². The first-order valence-corrected chi connectivity index (χ1v) is 11.8. The Bertz CT molecular complexity index is 961. The molecule has 0 radical (unpaired) electrons. The molecule has 1 saturated carbocycles. The van der Waals surface area contributed by atoms with Crippen LogP contribution in [-0.2, 0) is 10.0 Å². The van der Waals surface area contributed by atoms with Crippen LogP contribution < -0.4 is 5.32 Å².